The molecule has 1 saturated carbocycles. The van der Waals surface area contributed by atoms with Crippen molar-refractivity contribution in [2.75, 3.05) is 28.6 Å². The first-order valence-electron chi connectivity index (χ1n) is 10.4. The number of carbonyl (C=O) groups excluding carboxylic acids is 2. The van der Waals surface area contributed by atoms with Crippen molar-refractivity contribution in [1.29, 1.82) is 0 Å². The second-order valence-corrected chi connectivity index (χ2v) is 8.51. The van der Waals surface area contributed by atoms with Crippen LogP contribution in [0.4, 0.5) is 17.1 Å². The van der Waals surface area contributed by atoms with Crippen molar-refractivity contribution in [1.82, 2.24) is 0 Å². The van der Waals surface area contributed by atoms with E-state index in [1.165, 1.54) is 18.5 Å². The Morgan fingerprint density at radius 2 is 1.41 bits per heavy atom. The summed E-state index contributed by atoms with van der Waals surface area (Å²) in [5.74, 6) is -0.426. The molecule has 2 fully saturated rings. The second-order valence-electron chi connectivity index (χ2n) is 8.51. The van der Waals surface area contributed by atoms with Crippen LogP contribution in [0.15, 0.2) is 36.4 Å². The van der Waals surface area contributed by atoms with Crippen molar-refractivity contribution in [2.24, 2.45) is 5.41 Å². The molecule has 0 spiro atoms. The molecule has 2 aromatic carbocycles. The fraction of sp³-hybridized carbons (Fsp3) is 0.417. The molecule has 2 aromatic rings. The highest BCUT2D eigenvalue weighted by molar-refractivity contribution is 6.17. The zero-order chi connectivity index (χ0) is 20.6. The van der Waals surface area contributed by atoms with E-state index in [0.29, 0.717) is 12.8 Å². The standard InChI is InChI=1S/C24H29N3O2/c1-16-14-17(2)21(18(3)15-16)26-23(29)24(10-11-24)22(28)25-19-6-8-20(9-7-19)27-12-4-5-13-27/h6-9,14-15H,4-5,10-13H2,1-3H3,(H,25,28)(H,26,29). The van der Waals surface area contributed by atoms with Gasteiger partial charge in [-0.3, -0.25) is 9.59 Å². The van der Waals surface area contributed by atoms with Crippen molar-refractivity contribution in [2.45, 2.75) is 46.5 Å². The van der Waals surface area contributed by atoms with Gasteiger partial charge < -0.3 is 15.5 Å². The number of rotatable bonds is 5. The van der Waals surface area contributed by atoms with Crippen LogP contribution in [0.1, 0.15) is 42.4 Å². The third-order valence-corrected chi connectivity index (χ3v) is 6.13. The Labute approximate surface area is 172 Å². The molecule has 0 aromatic heterocycles. The van der Waals surface area contributed by atoms with E-state index in [1.54, 1.807) is 0 Å². The summed E-state index contributed by atoms with van der Waals surface area (Å²) in [6.07, 6.45) is 3.63. The lowest BCUT2D eigenvalue weighted by atomic mass is 10.0. The number of carbonyl (C=O) groups is 2. The van der Waals surface area contributed by atoms with Crippen molar-refractivity contribution < 1.29 is 9.59 Å². The first-order valence-corrected chi connectivity index (χ1v) is 10.4. The fourth-order valence-electron chi connectivity index (χ4n) is 4.27. The smallest absolute Gasteiger partial charge is 0.240 e. The van der Waals surface area contributed by atoms with E-state index in [4.69, 9.17) is 0 Å². The summed E-state index contributed by atoms with van der Waals surface area (Å²) in [5.41, 5.74) is 4.97. The Bertz CT molecular complexity index is 916. The fourth-order valence-corrected chi connectivity index (χ4v) is 4.27. The molecule has 0 unspecified atom stereocenters. The highest BCUT2D eigenvalue weighted by atomic mass is 16.2. The van der Waals surface area contributed by atoms with Crippen LogP contribution < -0.4 is 15.5 Å². The summed E-state index contributed by atoms with van der Waals surface area (Å²) in [7, 11) is 0. The predicted octanol–water partition coefficient (Wildman–Crippen LogP) is 4.57. The van der Waals surface area contributed by atoms with Crippen LogP contribution in [0.2, 0.25) is 0 Å². The number of benzene rings is 2. The predicted molar refractivity (Wildman–Crippen MR) is 117 cm³/mol. The molecule has 0 bridgehead atoms. The van der Waals surface area contributed by atoms with Crippen molar-refractivity contribution in [3.8, 4) is 0 Å². The Morgan fingerprint density at radius 1 is 0.862 bits per heavy atom. The zero-order valence-electron chi connectivity index (χ0n) is 17.5. The zero-order valence-corrected chi connectivity index (χ0v) is 17.5. The molecule has 1 aliphatic carbocycles. The Hall–Kier alpha value is -2.82. The minimum absolute atomic E-state index is 0.210. The summed E-state index contributed by atoms with van der Waals surface area (Å²) in [4.78, 5) is 28.2. The van der Waals surface area contributed by atoms with Gasteiger partial charge in [0.1, 0.15) is 5.41 Å². The van der Waals surface area contributed by atoms with E-state index in [2.05, 4.69) is 15.5 Å². The van der Waals surface area contributed by atoms with Gasteiger partial charge in [-0.2, -0.15) is 0 Å². The topological polar surface area (TPSA) is 61.4 Å². The molecule has 152 valence electrons. The van der Waals surface area contributed by atoms with E-state index in [9.17, 15) is 9.59 Å². The number of aryl methyl sites for hydroxylation is 3. The molecule has 0 radical (unpaired) electrons. The third-order valence-electron chi connectivity index (χ3n) is 6.13. The number of amides is 2. The first kappa shape index (κ1) is 19.5. The lowest BCUT2D eigenvalue weighted by molar-refractivity contribution is -0.131. The van der Waals surface area contributed by atoms with Gasteiger partial charge in [0.05, 0.1) is 0 Å². The Kier molecular flexibility index (Phi) is 5.07. The lowest BCUT2D eigenvalue weighted by Gasteiger charge is -2.19. The van der Waals surface area contributed by atoms with Gasteiger partial charge in [-0.25, -0.2) is 0 Å². The molecule has 5 heteroatoms. The van der Waals surface area contributed by atoms with Crippen LogP contribution in [0, 0.1) is 26.2 Å². The van der Waals surface area contributed by atoms with Gasteiger partial charge in [0.15, 0.2) is 0 Å². The molecule has 29 heavy (non-hydrogen) atoms. The van der Waals surface area contributed by atoms with E-state index < -0.39 is 5.41 Å². The number of anilines is 3. The van der Waals surface area contributed by atoms with Crippen LogP contribution in [-0.2, 0) is 9.59 Å². The molecule has 1 aliphatic heterocycles. The maximum Gasteiger partial charge on any atom is 0.240 e. The third kappa shape index (κ3) is 3.86. The maximum atomic E-state index is 13.0. The first-order chi connectivity index (χ1) is 13.9. The molecule has 2 N–H and O–H groups in total. The van der Waals surface area contributed by atoms with Crippen molar-refractivity contribution in [3.63, 3.8) is 0 Å². The second kappa shape index (κ2) is 7.54. The molecular weight excluding hydrogens is 362 g/mol. The van der Waals surface area contributed by atoms with Gasteiger partial charge in [-0.05, 0) is 81.8 Å². The van der Waals surface area contributed by atoms with Crippen LogP contribution in [0.3, 0.4) is 0 Å². The number of hydrogen-bond acceptors (Lipinski definition) is 3. The normalized spacial score (nSPS) is 17.1. The Balaban J connectivity index is 1.43. The molecule has 2 amide bonds. The van der Waals surface area contributed by atoms with Gasteiger partial charge in [0.2, 0.25) is 11.8 Å². The largest absolute Gasteiger partial charge is 0.372 e. The molecule has 1 saturated heterocycles. The van der Waals surface area contributed by atoms with E-state index in [0.717, 1.165) is 41.2 Å². The lowest BCUT2D eigenvalue weighted by Crippen LogP contribution is -2.36. The van der Waals surface area contributed by atoms with E-state index in [-0.39, 0.29) is 11.8 Å². The van der Waals surface area contributed by atoms with Crippen LogP contribution in [0.5, 0.6) is 0 Å². The Morgan fingerprint density at radius 3 is 1.97 bits per heavy atom. The summed E-state index contributed by atoms with van der Waals surface area (Å²) >= 11 is 0. The summed E-state index contributed by atoms with van der Waals surface area (Å²) in [5, 5.41) is 5.96. The quantitative estimate of drug-likeness (QED) is 0.734. The SMILES string of the molecule is Cc1cc(C)c(NC(=O)C2(C(=O)Nc3ccc(N4CCCC4)cc3)CC2)c(C)c1. The molecule has 4 rings (SSSR count). The average Bonchev–Trinajstić information content (AvgIpc) is 3.33. The van der Waals surface area contributed by atoms with Gasteiger partial charge in [0.25, 0.3) is 0 Å². The molecular formula is C24H29N3O2. The maximum absolute atomic E-state index is 13.0. The highest BCUT2D eigenvalue weighted by Crippen LogP contribution is 2.48. The van der Waals surface area contributed by atoms with E-state index >= 15 is 0 Å². The minimum Gasteiger partial charge on any atom is -0.372 e. The number of nitrogens with zero attached hydrogens (tertiary/aromatic N) is 1. The monoisotopic (exact) mass is 391 g/mol. The van der Waals surface area contributed by atoms with Crippen LogP contribution >= 0.6 is 0 Å². The van der Waals surface area contributed by atoms with Crippen molar-refractivity contribution in [3.05, 3.63) is 53.1 Å². The summed E-state index contributed by atoms with van der Waals surface area (Å²) in [6.45, 7) is 8.18. The molecule has 5 nitrogen and oxygen atoms in total. The molecule has 1 heterocycles. The summed E-state index contributed by atoms with van der Waals surface area (Å²) < 4.78 is 0. The number of nitrogens with one attached hydrogen (secondary N) is 2. The van der Waals surface area contributed by atoms with Crippen molar-refractivity contribution >= 4 is 28.9 Å². The summed E-state index contributed by atoms with van der Waals surface area (Å²) in [6, 6.07) is 12.0. The molecule has 2 aliphatic rings. The average molecular weight is 392 g/mol. The van der Waals surface area contributed by atoms with Gasteiger partial charge >= 0.3 is 0 Å². The molecule has 0 atom stereocenters. The highest BCUT2D eigenvalue weighted by Gasteiger charge is 2.56. The van der Waals surface area contributed by atoms with Gasteiger partial charge in [-0.15, -0.1) is 0 Å². The minimum atomic E-state index is -0.961. The number of hydrogen-bond donors (Lipinski definition) is 2. The van der Waals surface area contributed by atoms with E-state index in [1.807, 2.05) is 57.2 Å². The van der Waals surface area contributed by atoms with Gasteiger partial charge in [0, 0.05) is 30.2 Å². The van der Waals surface area contributed by atoms with Crippen LogP contribution in [-0.4, -0.2) is 24.9 Å². The van der Waals surface area contributed by atoms with Gasteiger partial charge in [-0.1, -0.05) is 17.7 Å². The van der Waals surface area contributed by atoms with Crippen LogP contribution in [0.25, 0.3) is 0 Å².